The van der Waals surface area contributed by atoms with Gasteiger partial charge in [0, 0.05) is 36.7 Å². The number of fused-ring (bicyclic) bond motifs is 1. The standard InChI is InChI=1S/C17H20FN7/c1-11-4-6-25(7-5-19-11)17-20-10-14(18)16(23-17)22-13-2-3-15-12(8-13)9-21-24-15/h2-3,8-11,19H,4-7H2,1H3,(H,21,24)(H,20,22,23). The van der Waals surface area contributed by atoms with Crippen molar-refractivity contribution in [3.63, 3.8) is 0 Å². The second-order valence-electron chi connectivity index (χ2n) is 6.29. The molecule has 1 unspecified atom stereocenters. The summed E-state index contributed by atoms with van der Waals surface area (Å²) in [4.78, 5) is 10.7. The zero-order valence-corrected chi connectivity index (χ0v) is 14.0. The first kappa shape index (κ1) is 15.8. The van der Waals surface area contributed by atoms with Crippen LogP contribution in [0.2, 0.25) is 0 Å². The monoisotopic (exact) mass is 341 g/mol. The zero-order chi connectivity index (χ0) is 17.2. The van der Waals surface area contributed by atoms with Crippen molar-refractivity contribution in [3.8, 4) is 0 Å². The molecule has 1 fully saturated rings. The SMILES string of the molecule is CC1CCN(c2ncc(F)c(Nc3ccc4[nH]ncc4c3)n2)CCN1. The summed E-state index contributed by atoms with van der Waals surface area (Å²) in [6, 6.07) is 6.12. The molecule has 0 amide bonds. The Bertz CT molecular complexity index is 878. The van der Waals surface area contributed by atoms with Crippen LogP contribution in [0.25, 0.3) is 10.9 Å². The number of aromatic amines is 1. The first-order valence-electron chi connectivity index (χ1n) is 8.40. The summed E-state index contributed by atoms with van der Waals surface area (Å²) in [6.45, 7) is 4.67. The van der Waals surface area contributed by atoms with Crippen LogP contribution in [0.15, 0.2) is 30.6 Å². The van der Waals surface area contributed by atoms with Crippen LogP contribution in [0.4, 0.5) is 21.8 Å². The van der Waals surface area contributed by atoms with E-state index < -0.39 is 5.82 Å². The van der Waals surface area contributed by atoms with Gasteiger partial charge >= 0.3 is 0 Å². The van der Waals surface area contributed by atoms with Gasteiger partial charge in [-0.1, -0.05) is 0 Å². The van der Waals surface area contributed by atoms with Gasteiger partial charge in [-0.05, 0) is 31.5 Å². The number of halogens is 1. The minimum absolute atomic E-state index is 0.179. The van der Waals surface area contributed by atoms with Crippen molar-refractivity contribution in [1.82, 2.24) is 25.5 Å². The molecule has 1 aromatic carbocycles. The number of hydrogen-bond acceptors (Lipinski definition) is 6. The highest BCUT2D eigenvalue weighted by atomic mass is 19.1. The van der Waals surface area contributed by atoms with Crippen LogP contribution in [-0.2, 0) is 0 Å². The number of nitrogens with one attached hydrogen (secondary N) is 3. The number of benzene rings is 1. The Hall–Kier alpha value is -2.74. The Morgan fingerprint density at radius 1 is 1.28 bits per heavy atom. The number of rotatable bonds is 3. The van der Waals surface area contributed by atoms with E-state index in [0.717, 1.165) is 42.6 Å². The summed E-state index contributed by atoms with van der Waals surface area (Å²) >= 11 is 0. The Morgan fingerprint density at radius 3 is 3.12 bits per heavy atom. The molecule has 1 saturated heterocycles. The molecule has 1 aliphatic heterocycles. The molecule has 4 rings (SSSR count). The third-order valence-corrected chi connectivity index (χ3v) is 4.42. The van der Waals surface area contributed by atoms with E-state index in [2.05, 4.69) is 42.6 Å². The van der Waals surface area contributed by atoms with Gasteiger partial charge in [0.05, 0.1) is 17.9 Å². The fraction of sp³-hybridized carbons (Fsp3) is 0.353. The lowest BCUT2D eigenvalue weighted by Gasteiger charge is -2.20. The predicted molar refractivity (Wildman–Crippen MR) is 95.7 cm³/mol. The molecule has 0 aliphatic carbocycles. The van der Waals surface area contributed by atoms with E-state index in [1.165, 1.54) is 6.20 Å². The van der Waals surface area contributed by atoms with Gasteiger partial charge in [-0.15, -0.1) is 0 Å². The van der Waals surface area contributed by atoms with Crippen LogP contribution in [0.1, 0.15) is 13.3 Å². The van der Waals surface area contributed by atoms with Gasteiger partial charge in [-0.2, -0.15) is 10.1 Å². The van der Waals surface area contributed by atoms with Crippen molar-refractivity contribution in [2.24, 2.45) is 0 Å². The van der Waals surface area contributed by atoms with Crippen molar-refractivity contribution < 1.29 is 4.39 Å². The molecule has 130 valence electrons. The summed E-state index contributed by atoms with van der Waals surface area (Å²) in [5.41, 5.74) is 1.68. The zero-order valence-electron chi connectivity index (χ0n) is 14.0. The molecule has 0 bridgehead atoms. The molecule has 0 saturated carbocycles. The molecule has 1 aliphatic rings. The number of anilines is 3. The largest absolute Gasteiger partial charge is 0.339 e. The third kappa shape index (κ3) is 3.39. The summed E-state index contributed by atoms with van der Waals surface area (Å²) in [5.74, 6) is 0.250. The van der Waals surface area contributed by atoms with E-state index >= 15 is 0 Å². The Labute approximate surface area is 144 Å². The molecule has 25 heavy (non-hydrogen) atoms. The second kappa shape index (κ2) is 6.64. The molecule has 3 aromatic rings. The Kier molecular flexibility index (Phi) is 4.19. The van der Waals surface area contributed by atoms with Crippen molar-refractivity contribution in [3.05, 3.63) is 36.4 Å². The lowest BCUT2D eigenvalue weighted by atomic mass is 10.2. The maximum Gasteiger partial charge on any atom is 0.227 e. The van der Waals surface area contributed by atoms with Gasteiger partial charge in [-0.25, -0.2) is 9.37 Å². The Balaban J connectivity index is 1.58. The number of nitrogens with zero attached hydrogens (tertiary/aromatic N) is 4. The van der Waals surface area contributed by atoms with Gasteiger partial charge in [0.15, 0.2) is 11.6 Å². The van der Waals surface area contributed by atoms with Crippen LogP contribution in [0.5, 0.6) is 0 Å². The fourth-order valence-electron chi connectivity index (χ4n) is 2.96. The number of aromatic nitrogens is 4. The molecule has 2 aromatic heterocycles. The average Bonchev–Trinajstić information content (AvgIpc) is 2.97. The first-order valence-corrected chi connectivity index (χ1v) is 8.40. The van der Waals surface area contributed by atoms with Gasteiger partial charge in [0.25, 0.3) is 0 Å². The summed E-state index contributed by atoms with van der Waals surface area (Å²) in [5, 5.41) is 14.3. The smallest absolute Gasteiger partial charge is 0.227 e. The van der Waals surface area contributed by atoms with Crippen LogP contribution in [-0.4, -0.2) is 45.8 Å². The van der Waals surface area contributed by atoms with Gasteiger partial charge in [0.1, 0.15) is 0 Å². The summed E-state index contributed by atoms with van der Waals surface area (Å²) < 4.78 is 14.2. The highest BCUT2D eigenvalue weighted by Crippen LogP contribution is 2.23. The third-order valence-electron chi connectivity index (χ3n) is 4.42. The first-order chi connectivity index (χ1) is 12.2. The molecular formula is C17H20FN7. The minimum atomic E-state index is -0.475. The number of H-pyrrole nitrogens is 1. The van der Waals surface area contributed by atoms with Gasteiger partial charge in [-0.3, -0.25) is 5.10 Å². The summed E-state index contributed by atoms with van der Waals surface area (Å²) in [7, 11) is 0. The van der Waals surface area contributed by atoms with Gasteiger partial charge in [0.2, 0.25) is 5.95 Å². The molecule has 0 radical (unpaired) electrons. The van der Waals surface area contributed by atoms with Crippen molar-refractivity contribution in [2.45, 2.75) is 19.4 Å². The summed E-state index contributed by atoms with van der Waals surface area (Å²) in [6.07, 6.45) is 3.96. The quantitative estimate of drug-likeness (QED) is 0.679. The molecule has 8 heteroatoms. The van der Waals surface area contributed by atoms with E-state index in [9.17, 15) is 4.39 Å². The highest BCUT2D eigenvalue weighted by Gasteiger charge is 2.17. The molecule has 7 nitrogen and oxygen atoms in total. The van der Waals surface area contributed by atoms with Gasteiger partial charge < -0.3 is 15.5 Å². The number of hydrogen-bond donors (Lipinski definition) is 3. The van der Waals surface area contributed by atoms with E-state index in [4.69, 9.17) is 0 Å². The van der Waals surface area contributed by atoms with E-state index in [0.29, 0.717) is 12.0 Å². The molecule has 0 spiro atoms. The van der Waals surface area contributed by atoms with E-state index in [-0.39, 0.29) is 5.82 Å². The van der Waals surface area contributed by atoms with Crippen LogP contribution < -0.4 is 15.5 Å². The van der Waals surface area contributed by atoms with E-state index in [1.807, 2.05) is 18.2 Å². The molecule has 3 heterocycles. The van der Waals surface area contributed by atoms with Crippen molar-refractivity contribution >= 4 is 28.4 Å². The topological polar surface area (TPSA) is 81.8 Å². The average molecular weight is 341 g/mol. The molecule has 1 atom stereocenters. The lowest BCUT2D eigenvalue weighted by molar-refractivity contribution is 0.566. The highest BCUT2D eigenvalue weighted by molar-refractivity contribution is 5.82. The normalized spacial score (nSPS) is 18.3. The van der Waals surface area contributed by atoms with Crippen LogP contribution >= 0.6 is 0 Å². The van der Waals surface area contributed by atoms with E-state index in [1.54, 1.807) is 6.20 Å². The maximum atomic E-state index is 14.2. The Morgan fingerprint density at radius 2 is 2.20 bits per heavy atom. The van der Waals surface area contributed by atoms with Crippen LogP contribution in [0.3, 0.4) is 0 Å². The van der Waals surface area contributed by atoms with Crippen molar-refractivity contribution in [1.29, 1.82) is 0 Å². The maximum absolute atomic E-state index is 14.2. The second-order valence-corrected chi connectivity index (χ2v) is 6.29. The fourth-order valence-corrected chi connectivity index (χ4v) is 2.96. The predicted octanol–water partition coefficient (Wildman–Crippen LogP) is 2.42. The molecular weight excluding hydrogens is 321 g/mol. The minimum Gasteiger partial charge on any atom is -0.339 e. The van der Waals surface area contributed by atoms with Crippen LogP contribution in [0, 0.1) is 5.82 Å². The lowest BCUT2D eigenvalue weighted by Crippen LogP contribution is -2.30. The van der Waals surface area contributed by atoms with Crippen molar-refractivity contribution in [2.75, 3.05) is 29.9 Å². The molecule has 3 N–H and O–H groups in total.